The lowest BCUT2D eigenvalue weighted by Crippen LogP contribution is -2.15. The van der Waals surface area contributed by atoms with E-state index in [0.717, 1.165) is 11.5 Å². The molecule has 2 aromatic rings. The van der Waals surface area contributed by atoms with Crippen molar-refractivity contribution in [3.8, 4) is 5.69 Å². The number of pyridine rings is 1. The molecule has 0 bridgehead atoms. The molecule has 0 spiro atoms. The van der Waals surface area contributed by atoms with Crippen molar-refractivity contribution >= 4 is 5.84 Å². The monoisotopic (exact) mass is 217 g/mol. The van der Waals surface area contributed by atoms with Crippen molar-refractivity contribution in [1.29, 1.82) is 0 Å². The van der Waals surface area contributed by atoms with Crippen LogP contribution in [0.15, 0.2) is 35.9 Å². The third-order valence-electron chi connectivity index (χ3n) is 2.22. The van der Waals surface area contributed by atoms with Crippen LogP contribution in [0, 0.1) is 6.92 Å². The van der Waals surface area contributed by atoms with E-state index in [9.17, 15) is 0 Å². The molecule has 0 aliphatic heterocycles. The van der Waals surface area contributed by atoms with Crippen molar-refractivity contribution in [2.75, 3.05) is 0 Å². The predicted octanol–water partition coefficient (Wildman–Crippen LogP) is 0.670. The van der Waals surface area contributed by atoms with Crippen molar-refractivity contribution in [2.45, 2.75) is 6.92 Å². The Morgan fingerprint density at radius 1 is 1.44 bits per heavy atom. The van der Waals surface area contributed by atoms with Crippen LogP contribution in [0.1, 0.15) is 11.5 Å². The number of rotatable bonds is 2. The quantitative estimate of drug-likeness (QED) is 0.335. The van der Waals surface area contributed by atoms with Gasteiger partial charge >= 0.3 is 0 Å². The lowest BCUT2D eigenvalue weighted by atomic mass is 10.3. The van der Waals surface area contributed by atoms with Gasteiger partial charge in [-0.3, -0.25) is 4.98 Å². The average molecular weight is 217 g/mol. The fourth-order valence-corrected chi connectivity index (χ4v) is 1.38. The number of hydrogen-bond donors (Lipinski definition) is 2. The second kappa shape index (κ2) is 4.01. The second-order valence-corrected chi connectivity index (χ2v) is 3.23. The molecule has 6 heteroatoms. The lowest BCUT2D eigenvalue weighted by Gasteiger charge is -2.04. The molecule has 0 fully saturated rings. The van der Waals surface area contributed by atoms with Crippen molar-refractivity contribution < 1.29 is 5.21 Å². The van der Waals surface area contributed by atoms with Crippen molar-refractivity contribution in [1.82, 2.24) is 14.5 Å². The Hall–Kier alpha value is -2.37. The van der Waals surface area contributed by atoms with Crippen LogP contribution < -0.4 is 5.73 Å². The molecule has 0 aromatic carbocycles. The highest BCUT2D eigenvalue weighted by Gasteiger charge is 2.03. The summed E-state index contributed by atoms with van der Waals surface area (Å²) in [6, 6.07) is 3.51. The van der Waals surface area contributed by atoms with E-state index in [1.165, 1.54) is 0 Å². The summed E-state index contributed by atoms with van der Waals surface area (Å²) in [6.07, 6.45) is 5.20. The van der Waals surface area contributed by atoms with Crippen LogP contribution in [0.3, 0.4) is 0 Å². The van der Waals surface area contributed by atoms with Gasteiger partial charge in [-0.15, -0.1) is 0 Å². The maximum atomic E-state index is 8.49. The maximum Gasteiger partial charge on any atom is 0.188 e. The van der Waals surface area contributed by atoms with Crippen LogP contribution in [-0.2, 0) is 0 Å². The van der Waals surface area contributed by atoms with E-state index in [0.29, 0.717) is 5.69 Å². The van der Waals surface area contributed by atoms with Crippen LogP contribution >= 0.6 is 0 Å². The minimum absolute atomic E-state index is 0.00565. The van der Waals surface area contributed by atoms with Gasteiger partial charge in [-0.2, -0.15) is 0 Å². The smallest absolute Gasteiger partial charge is 0.188 e. The van der Waals surface area contributed by atoms with Crippen molar-refractivity contribution in [2.24, 2.45) is 10.9 Å². The zero-order chi connectivity index (χ0) is 11.5. The largest absolute Gasteiger partial charge is 0.409 e. The van der Waals surface area contributed by atoms with Gasteiger partial charge in [0, 0.05) is 12.4 Å². The van der Waals surface area contributed by atoms with Gasteiger partial charge in [0.2, 0.25) is 0 Å². The molecule has 0 aliphatic rings. The lowest BCUT2D eigenvalue weighted by molar-refractivity contribution is 0.318. The molecule has 0 unspecified atom stereocenters. The number of aryl methyl sites for hydroxylation is 1. The van der Waals surface area contributed by atoms with Crippen LogP contribution in [0.5, 0.6) is 0 Å². The number of amidine groups is 1. The molecule has 0 aliphatic carbocycles. The van der Waals surface area contributed by atoms with Crippen LogP contribution in [0.25, 0.3) is 5.69 Å². The highest BCUT2D eigenvalue weighted by atomic mass is 16.4. The Bertz CT molecular complexity index is 514. The molecule has 0 saturated heterocycles. The Morgan fingerprint density at radius 3 is 2.75 bits per heavy atom. The van der Waals surface area contributed by atoms with Gasteiger partial charge in [-0.25, -0.2) is 4.98 Å². The second-order valence-electron chi connectivity index (χ2n) is 3.23. The van der Waals surface area contributed by atoms with Gasteiger partial charge < -0.3 is 15.5 Å². The molecule has 2 aromatic heterocycles. The normalized spacial score (nSPS) is 11.7. The summed E-state index contributed by atoms with van der Waals surface area (Å²) in [4.78, 5) is 8.20. The van der Waals surface area contributed by atoms with Gasteiger partial charge in [-0.05, 0) is 19.1 Å². The summed E-state index contributed by atoms with van der Waals surface area (Å²) in [5.41, 5.74) is 6.72. The molecule has 16 heavy (non-hydrogen) atoms. The molecule has 0 saturated carbocycles. The Kier molecular flexibility index (Phi) is 2.55. The fourth-order valence-electron chi connectivity index (χ4n) is 1.38. The van der Waals surface area contributed by atoms with Crippen LogP contribution in [-0.4, -0.2) is 25.6 Å². The average Bonchev–Trinajstić information content (AvgIpc) is 2.75. The van der Waals surface area contributed by atoms with Gasteiger partial charge in [0.25, 0.3) is 0 Å². The van der Waals surface area contributed by atoms with E-state index >= 15 is 0 Å². The van der Waals surface area contributed by atoms with E-state index in [1.54, 1.807) is 18.5 Å². The molecule has 0 amide bonds. The molecule has 82 valence electrons. The molecule has 0 atom stereocenters. The summed E-state index contributed by atoms with van der Waals surface area (Å²) >= 11 is 0. The number of nitrogens with zero attached hydrogens (tertiary/aromatic N) is 4. The standard InChI is InChI=1S/C10H11N5O/c1-7-12-4-5-15(7)8-2-3-9(13-6-8)10(11)14-16/h2-6,16H,1H3,(H2,11,14). The summed E-state index contributed by atoms with van der Waals surface area (Å²) in [5.74, 6) is 0.868. The number of nitrogens with two attached hydrogens (primary N) is 1. The topological polar surface area (TPSA) is 89.3 Å². The Morgan fingerprint density at radius 2 is 2.25 bits per heavy atom. The number of imidazole rings is 1. The molecule has 3 N–H and O–H groups in total. The first-order valence-electron chi connectivity index (χ1n) is 4.66. The van der Waals surface area contributed by atoms with Crippen molar-refractivity contribution in [3.05, 3.63) is 42.2 Å². The van der Waals surface area contributed by atoms with Gasteiger partial charge in [0.1, 0.15) is 11.5 Å². The number of oxime groups is 1. The first-order valence-corrected chi connectivity index (χ1v) is 4.66. The van der Waals surface area contributed by atoms with E-state index in [-0.39, 0.29) is 5.84 Å². The Labute approximate surface area is 92.1 Å². The Balaban J connectivity index is 2.37. The zero-order valence-corrected chi connectivity index (χ0v) is 8.70. The van der Waals surface area contributed by atoms with Crippen molar-refractivity contribution in [3.63, 3.8) is 0 Å². The highest BCUT2D eigenvalue weighted by Crippen LogP contribution is 2.09. The minimum atomic E-state index is -0.00565. The summed E-state index contributed by atoms with van der Waals surface area (Å²) in [6.45, 7) is 1.90. The van der Waals surface area contributed by atoms with Gasteiger partial charge in [-0.1, -0.05) is 5.16 Å². The SMILES string of the molecule is Cc1nccn1-c1ccc(/C(N)=N/O)nc1. The van der Waals surface area contributed by atoms with E-state index in [2.05, 4.69) is 15.1 Å². The molecular formula is C10H11N5O. The first kappa shape index (κ1) is 10.2. The van der Waals surface area contributed by atoms with E-state index < -0.39 is 0 Å². The fraction of sp³-hybridized carbons (Fsp3) is 0.100. The molecule has 6 nitrogen and oxygen atoms in total. The first-order chi connectivity index (χ1) is 7.72. The third-order valence-corrected chi connectivity index (χ3v) is 2.22. The van der Waals surface area contributed by atoms with E-state index in [1.807, 2.05) is 23.8 Å². The van der Waals surface area contributed by atoms with E-state index in [4.69, 9.17) is 10.9 Å². The third kappa shape index (κ3) is 1.72. The van der Waals surface area contributed by atoms with Crippen LogP contribution in [0.2, 0.25) is 0 Å². The van der Waals surface area contributed by atoms with Gasteiger partial charge in [0.05, 0.1) is 11.9 Å². The zero-order valence-electron chi connectivity index (χ0n) is 8.70. The van der Waals surface area contributed by atoms with Crippen LogP contribution in [0.4, 0.5) is 0 Å². The summed E-state index contributed by atoms with van der Waals surface area (Å²) < 4.78 is 1.89. The number of aromatic nitrogens is 3. The van der Waals surface area contributed by atoms with Gasteiger partial charge in [0.15, 0.2) is 5.84 Å². The minimum Gasteiger partial charge on any atom is -0.409 e. The number of hydrogen-bond acceptors (Lipinski definition) is 4. The highest BCUT2D eigenvalue weighted by molar-refractivity contribution is 5.95. The molecule has 2 heterocycles. The summed E-state index contributed by atoms with van der Waals surface area (Å²) in [7, 11) is 0. The predicted molar refractivity (Wildman–Crippen MR) is 58.6 cm³/mol. The maximum absolute atomic E-state index is 8.49. The summed E-state index contributed by atoms with van der Waals surface area (Å²) in [5, 5.41) is 11.4. The molecule has 0 radical (unpaired) electrons. The molecule has 2 rings (SSSR count). The molecular weight excluding hydrogens is 206 g/mol.